The number of carbonyl (C=O) groups is 2. The van der Waals surface area contributed by atoms with Crippen LogP contribution < -0.4 is 14.8 Å². The first-order chi connectivity index (χ1) is 12.0. The van der Waals surface area contributed by atoms with Gasteiger partial charge < -0.3 is 19.9 Å². The third-order valence-electron chi connectivity index (χ3n) is 3.81. The predicted molar refractivity (Wildman–Crippen MR) is 93.1 cm³/mol. The van der Waals surface area contributed by atoms with E-state index in [1.165, 1.54) is 14.2 Å². The fourth-order valence-corrected chi connectivity index (χ4v) is 2.50. The summed E-state index contributed by atoms with van der Waals surface area (Å²) in [5.41, 5.74) is 1.21. The maximum absolute atomic E-state index is 12.7. The Balaban J connectivity index is 2.23. The minimum Gasteiger partial charge on any atom is -0.497 e. The third kappa shape index (κ3) is 4.97. The number of amides is 1. The van der Waals surface area contributed by atoms with Gasteiger partial charge in [-0.2, -0.15) is 0 Å². The fraction of sp³-hybridized carbons (Fsp3) is 0.263. The SMILES string of the molecule is COc1ccc(C(=O)NC(CCC(=O)O)c2ccccc2)c(OC)c1. The van der Waals surface area contributed by atoms with Gasteiger partial charge in [0, 0.05) is 12.5 Å². The van der Waals surface area contributed by atoms with Crippen LogP contribution in [0.25, 0.3) is 0 Å². The number of carbonyl (C=O) groups excluding carboxylic acids is 1. The summed E-state index contributed by atoms with van der Waals surface area (Å²) in [6, 6.07) is 13.8. The molecule has 0 aliphatic heterocycles. The Bertz CT molecular complexity index is 730. The van der Waals surface area contributed by atoms with E-state index in [1.807, 2.05) is 30.3 Å². The molecule has 1 unspecified atom stereocenters. The van der Waals surface area contributed by atoms with Gasteiger partial charge in [0.25, 0.3) is 5.91 Å². The highest BCUT2D eigenvalue weighted by Crippen LogP contribution is 2.26. The molecule has 25 heavy (non-hydrogen) atoms. The van der Waals surface area contributed by atoms with Gasteiger partial charge in [-0.05, 0) is 24.1 Å². The van der Waals surface area contributed by atoms with Crippen molar-refractivity contribution in [3.8, 4) is 11.5 Å². The number of carboxylic acid groups (broad SMARTS) is 1. The summed E-state index contributed by atoms with van der Waals surface area (Å²) >= 11 is 0. The van der Waals surface area contributed by atoms with E-state index in [1.54, 1.807) is 18.2 Å². The molecular weight excluding hydrogens is 322 g/mol. The molecule has 1 atom stereocenters. The molecule has 1 amide bonds. The number of hydrogen-bond acceptors (Lipinski definition) is 4. The van der Waals surface area contributed by atoms with Crippen LogP contribution in [-0.4, -0.2) is 31.2 Å². The van der Waals surface area contributed by atoms with Gasteiger partial charge in [-0.25, -0.2) is 0 Å². The van der Waals surface area contributed by atoms with Crippen LogP contribution in [0.2, 0.25) is 0 Å². The topological polar surface area (TPSA) is 84.9 Å². The van der Waals surface area contributed by atoms with Crippen LogP contribution in [0.1, 0.15) is 34.8 Å². The lowest BCUT2D eigenvalue weighted by molar-refractivity contribution is -0.137. The Labute approximate surface area is 146 Å². The highest BCUT2D eigenvalue weighted by Gasteiger charge is 2.19. The van der Waals surface area contributed by atoms with Crippen molar-refractivity contribution in [2.24, 2.45) is 0 Å². The summed E-state index contributed by atoms with van der Waals surface area (Å²) in [4.78, 5) is 23.6. The largest absolute Gasteiger partial charge is 0.497 e. The lowest BCUT2D eigenvalue weighted by atomic mass is 10.0. The van der Waals surface area contributed by atoms with Crippen LogP contribution in [-0.2, 0) is 4.79 Å². The van der Waals surface area contributed by atoms with Gasteiger partial charge in [-0.15, -0.1) is 0 Å². The lowest BCUT2D eigenvalue weighted by Gasteiger charge is -2.19. The molecular formula is C19H21NO5. The van der Waals surface area contributed by atoms with E-state index >= 15 is 0 Å². The number of benzene rings is 2. The molecule has 0 aromatic heterocycles. The van der Waals surface area contributed by atoms with Crippen molar-refractivity contribution < 1.29 is 24.2 Å². The first-order valence-corrected chi connectivity index (χ1v) is 7.84. The van der Waals surface area contributed by atoms with Crippen LogP contribution in [0.5, 0.6) is 11.5 Å². The number of aliphatic carboxylic acids is 1. The predicted octanol–water partition coefficient (Wildman–Crippen LogP) is 3.04. The van der Waals surface area contributed by atoms with E-state index < -0.39 is 12.0 Å². The zero-order valence-electron chi connectivity index (χ0n) is 14.2. The lowest BCUT2D eigenvalue weighted by Crippen LogP contribution is -2.29. The summed E-state index contributed by atoms with van der Waals surface area (Å²) < 4.78 is 10.4. The van der Waals surface area contributed by atoms with Crippen LogP contribution in [0.4, 0.5) is 0 Å². The number of carboxylic acids is 1. The average molecular weight is 343 g/mol. The molecule has 2 aromatic carbocycles. The van der Waals surface area contributed by atoms with E-state index in [0.29, 0.717) is 23.5 Å². The van der Waals surface area contributed by atoms with Crippen LogP contribution in [0.3, 0.4) is 0 Å². The molecule has 2 aromatic rings. The highest BCUT2D eigenvalue weighted by atomic mass is 16.5. The van der Waals surface area contributed by atoms with E-state index in [9.17, 15) is 9.59 Å². The molecule has 0 bridgehead atoms. The van der Waals surface area contributed by atoms with Gasteiger partial charge in [-0.1, -0.05) is 30.3 Å². The van der Waals surface area contributed by atoms with E-state index in [2.05, 4.69) is 5.32 Å². The molecule has 6 heteroatoms. The van der Waals surface area contributed by atoms with E-state index in [-0.39, 0.29) is 12.3 Å². The summed E-state index contributed by atoms with van der Waals surface area (Å²) in [5, 5.41) is 11.8. The first-order valence-electron chi connectivity index (χ1n) is 7.84. The molecule has 132 valence electrons. The number of ether oxygens (including phenoxy) is 2. The van der Waals surface area contributed by atoms with Gasteiger partial charge in [0.1, 0.15) is 11.5 Å². The number of hydrogen-bond donors (Lipinski definition) is 2. The summed E-state index contributed by atoms with van der Waals surface area (Å²) in [5.74, 6) is -0.267. The first kappa shape index (κ1) is 18.3. The monoisotopic (exact) mass is 343 g/mol. The van der Waals surface area contributed by atoms with Crippen molar-refractivity contribution in [1.29, 1.82) is 0 Å². The molecule has 0 heterocycles. The third-order valence-corrected chi connectivity index (χ3v) is 3.81. The Kier molecular flexibility index (Phi) is 6.39. The average Bonchev–Trinajstić information content (AvgIpc) is 2.64. The van der Waals surface area contributed by atoms with Crippen molar-refractivity contribution in [1.82, 2.24) is 5.32 Å². The number of methoxy groups -OCH3 is 2. The zero-order valence-corrected chi connectivity index (χ0v) is 14.2. The second kappa shape index (κ2) is 8.73. The van der Waals surface area contributed by atoms with Gasteiger partial charge in [-0.3, -0.25) is 9.59 Å². The number of nitrogens with one attached hydrogen (secondary N) is 1. The Morgan fingerprint density at radius 2 is 1.80 bits per heavy atom. The summed E-state index contributed by atoms with van der Waals surface area (Å²) in [6.07, 6.45) is 0.253. The molecule has 0 aliphatic rings. The maximum Gasteiger partial charge on any atom is 0.303 e. The smallest absolute Gasteiger partial charge is 0.303 e. The molecule has 0 aliphatic carbocycles. The standard InChI is InChI=1S/C19H21NO5/c1-24-14-8-9-15(17(12-14)25-2)19(23)20-16(10-11-18(21)22)13-6-4-3-5-7-13/h3-9,12,16H,10-11H2,1-2H3,(H,20,23)(H,21,22). The minimum atomic E-state index is -0.905. The van der Waals surface area contributed by atoms with Crippen LogP contribution in [0.15, 0.2) is 48.5 Å². The maximum atomic E-state index is 12.7. The molecule has 0 saturated carbocycles. The van der Waals surface area contributed by atoms with Gasteiger partial charge in [0.05, 0.1) is 25.8 Å². The highest BCUT2D eigenvalue weighted by molar-refractivity contribution is 5.97. The zero-order chi connectivity index (χ0) is 18.2. The van der Waals surface area contributed by atoms with Gasteiger partial charge in [0.2, 0.25) is 0 Å². The van der Waals surface area contributed by atoms with E-state index in [4.69, 9.17) is 14.6 Å². The molecule has 6 nitrogen and oxygen atoms in total. The van der Waals surface area contributed by atoms with Crippen molar-refractivity contribution in [2.75, 3.05) is 14.2 Å². The molecule has 0 spiro atoms. The number of rotatable bonds is 8. The quantitative estimate of drug-likeness (QED) is 0.769. The van der Waals surface area contributed by atoms with Crippen molar-refractivity contribution in [2.45, 2.75) is 18.9 Å². The van der Waals surface area contributed by atoms with Crippen molar-refractivity contribution in [3.05, 3.63) is 59.7 Å². The summed E-state index contributed by atoms with van der Waals surface area (Å²) in [7, 11) is 3.01. The molecule has 2 N–H and O–H groups in total. The molecule has 0 fully saturated rings. The Hall–Kier alpha value is -3.02. The van der Waals surface area contributed by atoms with Gasteiger partial charge >= 0.3 is 5.97 Å². The van der Waals surface area contributed by atoms with Crippen LogP contribution in [0, 0.1) is 0 Å². The molecule has 0 radical (unpaired) electrons. The van der Waals surface area contributed by atoms with Gasteiger partial charge in [0.15, 0.2) is 0 Å². The van der Waals surface area contributed by atoms with E-state index in [0.717, 1.165) is 5.56 Å². The minimum absolute atomic E-state index is 0.0421. The summed E-state index contributed by atoms with van der Waals surface area (Å²) in [6.45, 7) is 0. The molecule has 0 saturated heterocycles. The van der Waals surface area contributed by atoms with Crippen molar-refractivity contribution in [3.63, 3.8) is 0 Å². The fourth-order valence-electron chi connectivity index (χ4n) is 2.50. The Morgan fingerprint density at radius 1 is 1.08 bits per heavy atom. The van der Waals surface area contributed by atoms with Crippen molar-refractivity contribution >= 4 is 11.9 Å². The second-order valence-corrected chi connectivity index (χ2v) is 5.44. The normalized spacial score (nSPS) is 11.4. The second-order valence-electron chi connectivity index (χ2n) is 5.44. The van der Waals surface area contributed by atoms with Crippen LogP contribution >= 0.6 is 0 Å². The molecule has 2 rings (SSSR count). The Morgan fingerprint density at radius 3 is 2.40 bits per heavy atom.